The Labute approximate surface area is 117 Å². The fraction of sp³-hybridized carbons (Fsp3) is 0.438. The quantitative estimate of drug-likeness (QED) is 0.615. The van der Waals surface area contributed by atoms with E-state index in [9.17, 15) is 13.6 Å². The predicted molar refractivity (Wildman–Crippen MR) is 72.9 cm³/mol. The summed E-state index contributed by atoms with van der Waals surface area (Å²) < 4.78 is 31.1. The van der Waals surface area contributed by atoms with Crippen LogP contribution in [0, 0.1) is 17.6 Å². The molecule has 0 atom stereocenters. The molecule has 1 saturated carbocycles. The zero-order valence-corrected chi connectivity index (χ0v) is 11.5. The Kier molecular flexibility index (Phi) is 4.88. The summed E-state index contributed by atoms with van der Waals surface area (Å²) in [5.74, 6) is -2.09. The van der Waals surface area contributed by atoms with E-state index in [-0.39, 0.29) is 0 Å². The zero-order valence-electron chi connectivity index (χ0n) is 11.5. The number of benzene rings is 1. The van der Waals surface area contributed by atoms with Crippen LogP contribution in [-0.4, -0.2) is 13.1 Å². The average Bonchev–Trinajstić information content (AvgIpc) is 2.48. The lowest BCUT2D eigenvalue weighted by Gasteiger charge is -2.19. The molecule has 0 aliphatic heterocycles. The second-order valence-electron chi connectivity index (χ2n) is 5.10. The van der Waals surface area contributed by atoms with Crippen molar-refractivity contribution in [3.05, 3.63) is 41.5 Å². The summed E-state index contributed by atoms with van der Waals surface area (Å²) in [6, 6.07) is 3.48. The van der Waals surface area contributed by atoms with Crippen molar-refractivity contribution in [2.75, 3.05) is 7.11 Å². The van der Waals surface area contributed by atoms with Crippen LogP contribution in [0.4, 0.5) is 8.78 Å². The smallest absolute Gasteiger partial charge is 0.338 e. The molecule has 20 heavy (non-hydrogen) atoms. The third kappa shape index (κ3) is 3.44. The lowest BCUT2D eigenvalue weighted by atomic mass is 9.87. The van der Waals surface area contributed by atoms with E-state index < -0.39 is 17.6 Å². The van der Waals surface area contributed by atoms with Crippen molar-refractivity contribution >= 4 is 11.5 Å². The van der Waals surface area contributed by atoms with E-state index in [2.05, 4.69) is 0 Å². The van der Waals surface area contributed by atoms with E-state index in [1.165, 1.54) is 19.6 Å². The summed E-state index contributed by atoms with van der Waals surface area (Å²) in [6.45, 7) is 0. The number of halogens is 2. The van der Waals surface area contributed by atoms with Crippen molar-refractivity contribution in [2.45, 2.75) is 32.1 Å². The number of methoxy groups -OCH3 is 1. The molecule has 1 aliphatic rings. The van der Waals surface area contributed by atoms with Crippen LogP contribution in [0.15, 0.2) is 24.3 Å². The molecule has 0 aromatic heterocycles. The molecule has 4 heteroatoms. The highest BCUT2D eigenvalue weighted by molar-refractivity contribution is 6.16. The third-order valence-electron chi connectivity index (χ3n) is 3.69. The van der Waals surface area contributed by atoms with Gasteiger partial charge in [-0.1, -0.05) is 31.4 Å². The van der Waals surface area contributed by atoms with Crippen LogP contribution < -0.4 is 0 Å². The number of carbonyl (C=O) groups excluding carboxylic acids is 1. The van der Waals surface area contributed by atoms with Gasteiger partial charge >= 0.3 is 5.97 Å². The first-order valence-electron chi connectivity index (χ1n) is 6.87. The summed E-state index contributed by atoms with van der Waals surface area (Å²) in [5, 5.41) is 0. The molecule has 1 aromatic carbocycles. The summed E-state index contributed by atoms with van der Waals surface area (Å²) in [5.41, 5.74) is 0.680. The Balaban J connectivity index is 2.33. The Morgan fingerprint density at radius 3 is 2.50 bits per heavy atom. The van der Waals surface area contributed by atoms with E-state index in [4.69, 9.17) is 4.74 Å². The van der Waals surface area contributed by atoms with Gasteiger partial charge in [-0.05, 0) is 36.5 Å². The molecule has 0 saturated heterocycles. The summed E-state index contributed by atoms with van der Waals surface area (Å²) in [7, 11) is 1.29. The summed E-state index contributed by atoms with van der Waals surface area (Å²) in [6.07, 6.45) is 7.36. The maximum Gasteiger partial charge on any atom is 0.338 e. The van der Waals surface area contributed by atoms with Crippen molar-refractivity contribution < 1.29 is 18.3 Å². The van der Waals surface area contributed by atoms with E-state index in [1.807, 2.05) is 6.08 Å². The fourth-order valence-corrected chi connectivity index (χ4v) is 2.59. The number of esters is 1. The number of carbonyl (C=O) groups is 1. The highest BCUT2D eigenvalue weighted by atomic mass is 19.2. The lowest BCUT2D eigenvalue weighted by molar-refractivity contribution is -0.133. The van der Waals surface area contributed by atoms with Gasteiger partial charge in [0, 0.05) is 0 Å². The van der Waals surface area contributed by atoms with Crippen molar-refractivity contribution in [3.8, 4) is 0 Å². The number of hydrogen-bond donors (Lipinski definition) is 0. The van der Waals surface area contributed by atoms with Gasteiger partial charge in [0.15, 0.2) is 11.6 Å². The first kappa shape index (κ1) is 14.7. The van der Waals surface area contributed by atoms with Gasteiger partial charge in [-0.25, -0.2) is 13.6 Å². The highest BCUT2D eigenvalue weighted by Gasteiger charge is 2.18. The molecule has 0 heterocycles. The fourth-order valence-electron chi connectivity index (χ4n) is 2.59. The number of ether oxygens (including phenoxy) is 1. The standard InChI is InChI=1S/C16H18F2O2/c1-20-16(19)13(9-11-5-3-2-4-6-11)12-7-8-14(17)15(18)10-12/h7-11H,2-6H2,1H3/b13-9+. The lowest BCUT2D eigenvalue weighted by Crippen LogP contribution is -2.09. The first-order valence-corrected chi connectivity index (χ1v) is 6.87. The summed E-state index contributed by atoms with van der Waals surface area (Å²) >= 11 is 0. The van der Waals surface area contributed by atoms with Gasteiger partial charge in [-0.15, -0.1) is 0 Å². The maximum absolute atomic E-state index is 13.3. The molecule has 0 N–H and O–H groups in total. The Morgan fingerprint density at radius 1 is 1.20 bits per heavy atom. The topological polar surface area (TPSA) is 26.3 Å². The minimum absolute atomic E-state index is 0.297. The molecule has 1 aromatic rings. The Morgan fingerprint density at radius 2 is 1.90 bits per heavy atom. The molecule has 0 bridgehead atoms. The maximum atomic E-state index is 13.3. The van der Waals surface area contributed by atoms with Gasteiger partial charge in [0.1, 0.15) is 0 Å². The molecule has 108 valence electrons. The van der Waals surface area contributed by atoms with Gasteiger partial charge < -0.3 is 4.74 Å². The van der Waals surface area contributed by atoms with Gasteiger partial charge in [0.2, 0.25) is 0 Å². The summed E-state index contributed by atoms with van der Waals surface area (Å²) in [4.78, 5) is 11.9. The number of hydrogen-bond acceptors (Lipinski definition) is 2. The second-order valence-corrected chi connectivity index (χ2v) is 5.10. The third-order valence-corrected chi connectivity index (χ3v) is 3.69. The molecule has 1 aliphatic carbocycles. The zero-order chi connectivity index (χ0) is 14.5. The SMILES string of the molecule is COC(=O)/C(=C/C1CCCCC1)c1ccc(F)c(F)c1. The van der Waals surface area contributed by atoms with E-state index in [0.29, 0.717) is 17.1 Å². The van der Waals surface area contributed by atoms with Crippen LogP contribution in [0.3, 0.4) is 0 Å². The predicted octanol–water partition coefficient (Wildman–Crippen LogP) is 4.10. The molecule has 2 rings (SSSR count). The largest absolute Gasteiger partial charge is 0.465 e. The van der Waals surface area contributed by atoms with Gasteiger partial charge in [0.05, 0.1) is 12.7 Å². The number of rotatable bonds is 3. The Bertz CT molecular complexity index is 517. The molecule has 0 unspecified atom stereocenters. The van der Waals surface area contributed by atoms with Crippen molar-refractivity contribution in [1.82, 2.24) is 0 Å². The van der Waals surface area contributed by atoms with Crippen molar-refractivity contribution in [2.24, 2.45) is 5.92 Å². The molecular formula is C16H18F2O2. The van der Waals surface area contributed by atoms with Gasteiger partial charge in [0.25, 0.3) is 0 Å². The number of allylic oxidation sites excluding steroid dienone is 1. The minimum Gasteiger partial charge on any atom is -0.465 e. The molecule has 0 radical (unpaired) electrons. The monoisotopic (exact) mass is 280 g/mol. The molecule has 2 nitrogen and oxygen atoms in total. The highest BCUT2D eigenvalue weighted by Crippen LogP contribution is 2.29. The minimum atomic E-state index is -0.957. The van der Waals surface area contributed by atoms with Crippen LogP contribution in [0.2, 0.25) is 0 Å². The van der Waals surface area contributed by atoms with Crippen LogP contribution >= 0.6 is 0 Å². The van der Waals surface area contributed by atoms with Crippen molar-refractivity contribution in [1.29, 1.82) is 0 Å². The molecule has 0 amide bonds. The normalized spacial score (nSPS) is 17.1. The Hall–Kier alpha value is -1.71. The van der Waals surface area contributed by atoms with E-state index in [0.717, 1.165) is 37.8 Å². The van der Waals surface area contributed by atoms with Crippen LogP contribution in [0.5, 0.6) is 0 Å². The molecule has 0 spiro atoms. The van der Waals surface area contributed by atoms with Crippen LogP contribution in [0.25, 0.3) is 5.57 Å². The van der Waals surface area contributed by atoms with E-state index >= 15 is 0 Å². The first-order chi connectivity index (χ1) is 9.61. The average molecular weight is 280 g/mol. The van der Waals surface area contributed by atoms with Crippen LogP contribution in [-0.2, 0) is 9.53 Å². The molecule has 1 fully saturated rings. The van der Waals surface area contributed by atoms with Crippen LogP contribution in [0.1, 0.15) is 37.7 Å². The van der Waals surface area contributed by atoms with Crippen molar-refractivity contribution in [3.63, 3.8) is 0 Å². The van der Waals surface area contributed by atoms with Gasteiger partial charge in [-0.3, -0.25) is 0 Å². The second kappa shape index (κ2) is 6.64. The molecular weight excluding hydrogens is 262 g/mol. The van der Waals surface area contributed by atoms with Gasteiger partial charge in [-0.2, -0.15) is 0 Å². The van der Waals surface area contributed by atoms with E-state index in [1.54, 1.807) is 0 Å².